The van der Waals surface area contributed by atoms with Gasteiger partial charge in [-0.15, -0.1) is 0 Å². The topological polar surface area (TPSA) is 112 Å². The fourth-order valence-corrected chi connectivity index (χ4v) is 3.43. The lowest BCUT2D eigenvalue weighted by Crippen LogP contribution is -3.00. The maximum absolute atomic E-state index is 12.8. The van der Waals surface area contributed by atoms with Crippen LogP contribution in [0.3, 0.4) is 0 Å². The quantitative estimate of drug-likeness (QED) is 0.134. The molecule has 0 bridgehead atoms. The third-order valence-electron chi connectivity index (χ3n) is 5.32. The summed E-state index contributed by atoms with van der Waals surface area (Å²) in [7, 11) is 0. The molecule has 0 fully saturated rings. The molecule has 3 N–H and O–H groups in total. The molecule has 190 valence electrons. The van der Waals surface area contributed by atoms with Crippen LogP contribution in [0.1, 0.15) is 40.7 Å². The van der Waals surface area contributed by atoms with Gasteiger partial charge in [0.15, 0.2) is 12.4 Å². The standard InChI is InChI=1S/C27H29N3O5.HI/c28-25(31)23-14-9-17-30(18-23)16-8-7-15-24(26(32)34-19-21-10-3-1-4-11-21)29-27(33)35-20-22-12-5-2-6-13-22;/h1-6,9-14,17-18,24H,7-8,15-16,19-20H2,(H2-,28,29,31,33);1H/t24-;/m0./s1. The number of halogens is 1. The van der Waals surface area contributed by atoms with Gasteiger partial charge in [0.05, 0.1) is 0 Å². The van der Waals surface area contributed by atoms with Gasteiger partial charge in [-0.2, -0.15) is 0 Å². The number of benzene rings is 2. The van der Waals surface area contributed by atoms with Crippen molar-refractivity contribution in [3.63, 3.8) is 0 Å². The van der Waals surface area contributed by atoms with Crippen molar-refractivity contribution in [3.8, 4) is 0 Å². The molecule has 0 spiro atoms. The SMILES string of the molecule is NC(=O)c1ccc[n+](CCCC[C@H](NC(=O)OCc2ccccc2)C(=O)OCc2ccccc2)c1.[I-]. The van der Waals surface area contributed by atoms with Crippen LogP contribution < -0.4 is 39.6 Å². The van der Waals surface area contributed by atoms with E-state index in [9.17, 15) is 14.4 Å². The van der Waals surface area contributed by atoms with Gasteiger partial charge in [0.25, 0.3) is 5.91 Å². The lowest BCUT2D eigenvalue weighted by Gasteiger charge is -2.17. The lowest BCUT2D eigenvalue weighted by molar-refractivity contribution is -0.697. The summed E-state index contributed by atoms with van der Waals surface area (Å²) in [4.78, 5) is 36.5. The number of pyridine rings is 1. The Labute approximate surface area is 227 Å². The third kappa shape index (κ3) is 10.0. The van der Waals surface area contributed by atoms with Crippen LogP contribution in [0.2, 0.25) is 0 Å². The first kappa shape index (κ1) is 28.8. The lowest BCUT2D eigenvalue weighted by atomic mass is 10.1. The molecule has 36 heavy (non-hydrogen) atoms. The maximum Gasteiger partial charge on any atom is 0.408 e. The summed E-state index contributed by atoms with van der Waals surface area (Å²) in [6, 6.07) is 21.2. The predicted octanol–water partition coefficient (Wildman–Crippen LogP) is 0.286. The van der Waals surface area contributed by atoms with E-state index in [0.717, 1.165) is 17.5 Å². The third-order valence-corrected chi connectivity index (χ3v) is 5.32. The molecule has 0 aliphatic heterocycles. The molecule has 0 saturated heterocycles. The summed E-state index contributed by atoms with van der Waals surface area (Å²) in [6.07, 6.45) is 4.58. The Morgan fingerprint density at radius 1 is 0.833 bits per heavy atom. The molecule has 2 amide bonds. The number of hydrogen-bond acceptors (Lipinski definition) is 5. The first-order valence-electron chi connectivity index (χ1n) is 11.5. The Morgan fingerprint density at radius 2 is 1.44 bits per heavy atom. The van der Waals surface area contributed by atoms with E-state index in [1.54, 1.807) is 18.3 Å². The number of primary amides is 1. The van der Waals surface area contributed by atoms with Crippen LogP contribution in [0, 0.1) is 0 Å². The van der Waals surface area contributed by atoms with E-state index in [-0.39, 0.29) is 37.2 Å². The molecule has 0 aliphatic rings. The van der Waals surface area contributed by atoms with Gasteiger partial charge in [-0.3, -0.25) is 4.79 Å². The Bertz CT molecular complexity index is 1110. The molecule has 1 heterocycles. The van der Waals surface area contributed by atoms with Gasteiger partial charge in [-0.1, -0.05) is 60.7 Å². The fraction of sp³-hybridized carbons (Fsp3) is 0.259. The van der Waals surface area contributed by atoms with E-state index >= 15 is 0 Å². The minimum absolute atomic E-state index is 0. The van der Waals surface area contributed by atoms with E-state index in [0.29, 0.717) is 24.9 Å². The van der Waals surface area contributed by atoms with Crippen molar-refractivity contribution >= 4 is 18.0 Å². The highest BCUT2D eigenvalue weighted by Crippen LogP contribution is 2.08. The van der Waals surface area contributed by atoms with Crippen LogP contribution in [0.4, 0.5) is 4.79 Å². The van der Waals surface area contributed by atoms with Crippen molar-refractivity contribution in [2.75, 3.05) is 0 Å². The second-order valence-corrected chi connectivity index (χ2v) is 8.04. The number of amides is 2. The molecular formula is C27H30IN3O5. The number of carbonyl (C=O) groups excluding carboxylic acids is 3. The molecule has 0 aliphatic carbocycles. The largest absolute Gasteiger partial charge is 1.00 e. The molecule has 8 nitrogen and oxygen atoms in total. The first-order valence-corrected chi connectivity index (χ1v) is 11.5. The smallest absolute Gasteiger partial charge is 0.408 e. The minimum Gasteiger partial charge on any atom is -1.00 e. The summed E-state index contributed by atoms with van der Waals surface area (Å²) in [5.41, 5.74) is 7.47. The molecule has 3 rings (SSSR count). The molecule has 3 aromatic rings. The van der Waals surface area contributed by atoms with Crippen LogP contribution in [0.25, 0.3) is 0 Å². The summed E-state index contributed by atoms with van der Waals surface area (Å²) in [6.45, 7) is 0.851. The average Bonchev–Trinajstić information content (AvgIpc) is 2.89. The minimum atomic E-state index is -0.844. The summed E-state index contributed by atoms with van der Waals surface area (Å²) in [5.74, 6) is -1.01. The second-order valence-electron chi connectivity index (χ2n) is 8.04. The molecule has 0 radical (unpaired) electrons. The Balaban J connectivity index is 0.00000456. The fourth-order valence-electron chi connectivity index (χ4n) is 3.43. The number of aryl methyl sites for hydroxylation is 1. The van der Waals surface area contributed by atoms with Crippen LogP contribution in [-0.2, 0) is 34.0 Å². The van der Waals surface area contributed by atoms with Crippen molar-refractivity contribution in [1.29, 1.82) is 0 Å². The predicted molar refractivity (Wildman–Crippen MR) is 129 cm³/mol. The number of esters is 1. The van der Waals surface area contributed by atoms with Crippen LogP contribution >= 0.6 is 0 Å². The summed E-state index contributed by atoms with van der Waals surface area (Å²) in [5, 5.41) is 2.64. The number of hydrogen-bond donors (Lipinski definition) is 2. The van der Waals surface area contributed by atoms with E-state index in [1.165, 1.54) is 0 Å². The number of nitrogens with one attached hydrogen (secondary N) is 1. The highest BCUT2D eigenvalue weighted by molar-refractivity contribution is 5.92. The van der Waals surface area contributed by atoms with Gasteiger partial charge in [0.1, 0.15) is 31.4 Å². The van der Waals surface area contributed by atoms with Crippen molar-refractivity contribution in [2.45, 2.75) is 45.1 Å². The van der Waals surface area contributed by atoms with Gasteiger partial charge >= 0.3 is 12.1 Å². The number of aromatic nitrogens is 1. The Hall–Kier alpha value is -3.47. The maximum atomic E-state index is 12.8. The Kier molecular flexibility index (Phi) is 12.4. The molecule has 9 heteroatoms. The van der Waals surface area contributed by atoms with E-state index in [2.05, 4.69) is 5.32 Å². The number of ether oxygens (including phenoxy) is 2. The van der Waals surface area contributed by atoms with Gasteiger partial charge in [0, 0.05) is 12.5 Å². The monoisotopic (exact) mass is 603 g/mol. The molecule has 1 atom stereocenters. The highest BCUT2D eigenvalue weighted by Gasteiger charge is 2.23. The molecular weight excluding hydrogens is 573 g/mol. The number of rotatable bonds is 12. The van der Waals surface area contributed by atoms with Gasteiger partial charge < -0.3 is 44.5 Å². The number of nitrogens with zero attached hydrogens (tertiary/aromatic N) is 1. The highest BCUT2D eigenvalue weighted by atomic mass is 127. The number of carbonyl (C=O) groups is 3. The van der Waals surface area contributed by atoms with Crippen molar-refractivity contribution < 1.29 is 52.4 Å². The van der Waals surface area contributed by atoms with Crippen LogP contribution in [0.15, 0.2) is 85.2 Å². The van der Waals surface area contributed by atoms with Gasteiger partial charge in [0.2, 0.25) is 0 Å². The number of nitrogens with two attached hydrogens (primary N) is 1. The molecule has 0 saturated carbocycles. The number of alkyl carbamates (subject to hydrolysis) is 1. The normalized spacial score (nSPS) is 11.0. The average molecular weight is 603 g/mol. The zero-order valence-corrected chi connectivity index (χ0v) is 22.0. The first-order chi connectivity index (χ1) is 17.0. The van der Waals surface area contributed by atoms with Crippen molar-refractivity contribution in [3.05, 3.63) is 102 Å². The summed E-state index contributed by atoms with van der Waals surface area (Å²) < 4.78 is 12.6. The van der Waals surface area contributed by atoms with Crippen LogP contribution in [0.5, 0.6) is 0 Å². The van der Waals surface area contributed by atoms with Gasteiger partial charge in [-0.25, -0.2) is 14.2 Å². The zero-order valence-electron chi connectivity index (χ0n) is 19.8. The Morgan fingerprint density at radius 3 is 2.06 bits per heavy atom. The van der Waals surface area contributed by atoms with Crippen LogP contribution in [-0.4, -0.2) is 24.0 Å². The zero-order chi connectivity index (χ0) is 24.9. The second kappa shape index (κ2) is 15.5. The summed E-state index contributed by atoms with van der Waals surface area (Å²) >= 11 is 0. The van der Waals surface area contributed by atoms with E-state index in [4.69, 9.17) is 15.2 Å². The van der Waals surface area contributed by atoms with Crippen molar-refractivity contribution in [1.82, 2.24) is 5.32 Å². The molecule has 2 aromatic carbocycles. The van der Waals surface area contributed by atoms with E-state index < -0.39 is 24.0 Å². The van der Waals surface area contributed by atoms with Crippen molar-refractivity contribution in [2.24, 2.45) is 5.73 Å². The number of unbranched alkanes of at least 4 members (excludes halogenated alkanes) is 1. The molecule has 1 aromatic heterocycles. The molecule has 0 unspecified atom stereocenters. The van der Waals surface area contributed by atoms with E-state index in [1.807, 2.05) is 71.4 Å². The van der Waals surface area contributed by atoms with Gasteiger partial charge in [-0.05, 0) is 30.0 Å².